The number of para-hydroxylation sites is 1. The van der Waals surface area contributed by atoms with E-state index < -0.39 is 11.4 Å². The lowest BCUT2D eigenvalue weighted by molar-refractivity contribution is 0.0525. The molecule has 0 radical (unpaired) electrons. The molecule has 7 nitrogen and oxygen atoms in total. The molecule has 2 aliphatic rings. The number of hydrogen-bond donors (Lipinski definition) is 1. The minimum Gasteiger partial charge on any atom is -0.491 e. The van der Waals surface area contributed by atoms with Crippen LogP contribution in [0.4, 0.5) is 5.82 Å². The summed E-state index contributed by atoms with van der Waals surface area (Å²) in [5.41, 5.74) is 2.56. The van der Waals surface area contributed by atoms with Gasteiger partial charge in [0.1, 0.15) is 11.4 Å². The molecule has 5 rings (SSSR count). The molecule has 0 unspecified atom stereocenters. The van der Waals surface area contributed by atoms with Gasteiger partial charge >= 0.3 is 5.97 Å². The van der Waals surface area contributed by atoms with Crippen LogP contribution in [0.1, 0.15) is 61.5 Å². The Morgan fingerprint density at radius 3 is 2.54 bits per heavy atom. The zero-order chi connectivity index (χ0) is 24.6. The lowest BCUT2D eigenvalue weighted by Gasteiger charge is -2.40. The normalized spacial score (nSPS) is 17.2. The SMILES string of the molecule is CCOC(=O)c1c(-c2cc3ccccc3nc2N2CCC3(CCCC3)CC2)[nH]c(C)c(OC)c1=O. The van der Waals surface area contributed by atoms with Crippen molar-refractivity contribution in [3.63, 3.8) is 0 Å². The van der Waals surface area contributed by atoms with E-state index in [4.69, 9.17) is 14.5 Å². The summed E-state index contributed by atoms with van der Waals surface area (Å²) in [5.74, 6) is 0.250. The smallest absolute Gasteiger partial charge is 0.344 e. The highest BCUT2D eigenvalue weighted by atomic mass is 16.5. The summed E-state index contributed by atoms with van der Waals surface area (Å²) < 4.78 is 10.6. The van der Waals surface area contributed by atoms with Crippen molar-refractivity contribution in [2.24, 2.45) is 5.41 Å². The topological polar surface area (TPSA) is 84.5 Å². The van der Waals surface area contributed by atoms with Crippen molar-refractivity contribution in [2.45, 2.75) is 52.4 Å². The molecule has 1 spiro atoms. The fourth-order valence-corrected chi connectivity index (χ4v) is 5.90. The highest BCUT2D eigenvalue weighted by Gasteiger charge is 2.38. The monoisotopic (exact) mass is 475 g/mol. The molecule has 3 heterocycles. The van der Waals surface area contributed by atoms with Crippen LogP contribution in [0, 0.1) is 12.3 Å². The van der Waals surface area contributed by atoms with Gasteiger partial charge in [-0.3, -0.25) is 4.79 Å². The number of aromatic nitrogens is 2. The number of H-pyrrole nitrogens is 1. The minimum atomic E-state index is -0.662. The third kappa shape index (κ3) is 4.17. The maximum atomic E-state index is 13.4. The number of carbonyl (C=O) groups is 1. The van der Waals surface area contributed by atoms with Crippen LogP contribution in [0.5, 0.6) is 5.75 Å². The third-order valence-electron chi connectivity index (χ3n) is 7.78. The molecule has 1 aliphatic carbocycles. The van der Waals surface area contributed by atoms with E-state index >= 15 is 0 Å². The van der Waals surface area contributed by atoms with Gasteiger partial charge in [-0.15, -0.1) is 0 Å². The Hall–Kier alpha value is -3.35. The number of anilines is 1. The van der Waals surface area contributed by atoms with E-state index in [1.54, 1.807) is 13.8 Å². The Kier molecular flexibility index (Phi) is 6.26. The van der Waals surface area contributed by atoms with E-state index in [1.165, 1.54) is 32.8 Å². The number of nitrogens with one attached hydrogen (secondary N) is 1. The summed E-state index contributed by atoms with van der Waals surface area (Å²) in [5, 5.41) is 0.944. The average molecular weight is 476 g/mol. The minimum absolute atomic E-state index is 0.0445. The van der Waals surface area contributed by atoms with Crippen molar-refractivity contribution in [1.29, 1.82) is 0 Å². The molecule has 0 amide bonds. The zero-order valence-corrected chi connectivity index (χ0v) is 20.8. The predicted octanol–water partition coefficient (Wildman–Crippen LogP) is 5.24. The molecule has 1 saturated heterocycles. The molecule has 35 heavy (non-hydrogen) atoms. The van der Waals surface area contributed by atoms with Crippen molar-refractivity contribution in [2.75, 3.05) is 31.7 Å². The van der Waals surface area contributed by atoms with Gasteiger partial charge in [0.05, 0.1) is 30.6 Å². The van der Waals surface area contributed by atoms with Crippen molar-refractivity contribution in [3.05, 3.63) is 51.8 Å². The van der Waals surface area contributed by atoms with Gasteiger partial charge in [0.25, 0.3) is 0 Å². The number of piperidine rings is 1. The van der Waals surface area contributed by atoms with Crippen LogP contribution in [-0.2, 0) is 4.74 Å². The number of ether oxygens (including phenoxy) is 2. The summed E-state index contributed by atoms with van der Waals surface area (Å²) in [6.07, 6.45) is 7.57. The molecule has 1 aliphatic heterocycles. The molecular formula is C28H33N3O4. The Morgan fingerprint density at radius 1 is 1.14 bits per heavy atom. The van der Waals surface area contributed by atoms with Gasteiger partial charge in [-0.05, 0) is 57.1 Å². The second-order valence-electron chi connectivity index (χ2n) is 9.83. The largest absolute Gasteiger partial charge is 0.491 e. The Labute approximate surface area is 205 Å². The fraction of sp³-hybridized carbons (Fsp3) is 0.464. The average Bonchev–Trinajstić information content (AvgIpc) is 3.31. The predicted molar refractivity (Wildman–Crippen MR) is 137 cm³/mol. The van der Waals surface area contributed by atoms with Crippen LogP contribution in [0.3, 0.4) is 0 Å². The Bertz CT molecular complexity index is 1310. The maximum Gasteiger partial charge on any atom is 0.344 e. The molecule has 0 atom stereocenters. The van der Waals surface area contributed by atoms with E-state index in [2.05, 4.69) is 9.88 Å². The molecule has 1 aromatic carbocycles. The molecule has 1 saturated carbocycles. The summed E-state index contributed by atoms with van der Waals surface area (Å²) in [4.78, 5) is 37.1. The van der Waals surface area contributed by atoms with Crippen molar-refractivity contribution >= 4 is 22.7 Å². The molecule has 2 fully saturated rings. The van der Waals surface area contributed by atoms with Crippen LogP contribution < -0.4 is 15.1 Å². The van der Waals surface area contributed by atoms with Crippen molar-refractivity contribution in [3.8, 4) is 17.0 Å². The van der Waals surface area contributed by atoms with Gasteiger partial charge < -0.3 is 19.4 Å². The van der Waals surface area contributed by atoms with E-state index in [0.29, 0.717) is 16.8 Å². The number of pyridine rings is 2. The Morgan fingerprint density at radius 2 is 1.86 bits per heavy atom. The lowest BCUT2D eigenvalue weighted by atomic mass is 9.77. The van der Waals surface area contributed by atoms with Crippen LogP contribution in [-0.4, -0.2) is 42.7 Å². The number of carbonyl (C=O) groups excluding carboxylic acids is 1. The number of nitrogens with zero attached hydrogens (tertiary/aromatic N) is 2. The van der Waals surface area contributed by atoms with Gasteiger partial charge in [0.15, 0.2) is 5.75 Å². The third-order valence-corrected chi connectivity index (χ3v) is 7.78. The van der Waals surface area contributed by atoms with E-state index in [0.717, 1.165) is 48.2 Å². The number of hydrogen-bond acceptors (Lipinski definition) is 6. The molecule has 184 valence electrons. The first-order valence-electron chi connectivity index (χ1n) is 12.6. The number of fused-ring (bicyclic) bond motifs is 1. The number of esters is 1. The lowest BCUT2D eigenvalue weighted by Crippen LogP contribution is -2.39. The number of aromatic amines is 1. The fourth-order valence-electron chi connectivity index (χ4n) is 5.90. The van der Waals surface area contributed by atoms with Gasteiger partial charge in [-0.2, -0.15) is 0 Å². The van der Waals surface area contributed by atoms with Crippen LogP contribution >= 0.6 is 0 Å². The van der Waals surface area contributed by atoms with Gasteiger partial charge in [0.2, 0.25) is 5.43 Å². The van der Waals surface area contributed by atoms with E-state index in [1.807, 2.05) is 30.3 Å². The zero-order valence-electron chi connectivity index (χ0n) is 20.8. The molecule has 7 heteroatoms. The van der Waals surface area contributed by atoms with Gasteiger partial charge in [-0.1, -0.05) is 31.0 Å². The van der Waals surface area contributed by atoms with Crippen LogP contribution in [0.25, 0.3) is 22.2 Å². The number of benzene rings is 1. The van der Waals surface area contributed by atoms with Crippen molar-refractivity contribution in [1.82, 2.24) is 9.97 Å². The molecule has 0 bridgehead atoms. The molecule has 2 aromatic heterocycles. The van der Waals surface area contributed by atoms with E-state index in [9.17, 15) is 9.59 Å². The summed E-state index contributed by atoms with van der Waals surface area (Å²) in [7, 11) is 1.43. The molecule has 3 aromatic rings. The second-order valence-corrected chi connectivity index (χ2v) is 9.83. The maximum absolute atomic E-state index is 13.4. The standard InChI is InChI=1S/C28H33N3O4/c1-4-35-27(33)22-23(29-18(2)25(34-3)24(22)32)20-17-19-9-5-6-10-21(19)30-26(20)31-15-13-28(14-16-31)11-7-8-12-28/h5-6,9-10,17H,4,7-8,11-16H2,1-3H3,(H,29,32). The number of rotatable bonds is 5. The summed E-state index contributed by atoms with van der Waals surface area (Å²) >= 11 is 0. The van der Waals surface area contributed by atoms with Crippen LogP contribution in [0.2, 0.25) is 0 Å². The van der Waals surface area contributed by atoms with Crippen LogP contribution in [0.15, 0.2) is 35.1 Å². The first-order chi connectivity index (χ1) is 17.0. The molecular weight excluding hydrogens is 442 g/mol. The van der Waals surface area contributed by atoms with E-state index in [-0.39, 0.29) is 17.9 Å². The molecule has 1 N–H and O–H groups in total. The van der Waals surface area contributed by atoms with Gasteiger partial charge in [-0.25, -0.2) is 9.78 Å². The highest BCUT2D eigenvalue weighted by molar-refractivity contribution is 6.00. The Balaban J connectivity index is 1.69. The summed E-state index contributed by atoms with van der Waals surface area (Å²) in [6.45, 7) is 5.49. The highest BCUT2D eigenvalue weighted by Crippen LogP contribution is 2.47. The quantitative estimate of drug-likeness (QED) is 0.508. The number of aryl methyl sites for hydroxylation is 1. The second kappa shape index (κ2) is 9.36. The first kappa shape index (κ1) is 23.4. The first-order valence-corrected chi connectivity index (χ1v) is 12.6. The van der Waals surface area contributed by atoms with Crippen molar-refractivity contribution < 1.29 is 14.3 Å². The summed E-state index contributed by atoms with van der Waals surface area (Å²) in [6, 6.07) is 9.97. The number of methoxy groups -OCH3 is 1. The van der Waals surface area contributed by atoms with Gasteiger partial charge in [0, 0.05) is 24.0 Å².